The van der Waals surface area contributed by atoms with Crippen LogP contribution in [-0.4, -0.2) is 86.5 Å². The van der Waals surface area contributed by atoms with Crippen molar-refractivity contribution in [2.24, 2.45) is 5.73 Å². The Kier molecular flexibility index (Phi) is 12.3. The Morgan fingerprint density at radius 1 is 1.03 bits per heavy atom. The number of hydrogen-bond donors (Lipinski definition) is 3. The maximum absolute atomic E-state index is 13.3. The molecule has 1 aromatic carbocycles. The summed E-state index contributed by atoms with van der Waals surface area (Å²) in [6.45, 7) is 2.08. The minimum atomic E-state index is -3.27. The zero-order valence-electron chi connectivity index (χ0n) is 21.4. The van der Waals surface area contributed by atoms with Gasteiger partial charge >= 0.3 is 0 Å². The van der Waals surface area contributed by atoms with Gasteiger partial charge in [-0.25, -0.2) is 13.1 Å². The number of benzene rings is 1. The van der Waals surface area contributed by atoms with E-state index in [0.717, 1.165) is 24.7 Å². The van der Waals surface area contributed by atoms with Crippen LogP contribution >= 0.6 is 12.4 Å². The molecular formula is C25H40ClN5O5S. The fourth-order valence-corrected chi connectivity index (χ4v) is 5.40. The Hall–Kier alpha value is -2.21. The number of rotatable bonds is 12. The van der Waals surface area contributed by atoms with E-state index in [2.05, 4.69) is 10.0 Å². The Balaban J connectivity index is 0.00000481. The van der Waals surface area contributed by atoms with E-state index in [0.29, 0.717) is 58.2 Å². The van der Waals surface area contributed by atoms with Crippen LogP contribution in [0.2, 0.25) is 0 Å². The summed E-state index contributed by atoms with van der Waals surface area (Å²) in [4.78, 5) is 42.9. The van der Waals surface area contributed by atoms with E-state index < -0.39 is 28.1 Å². The van der Waals surface area contributed by atoms with Gasteiger partial charge in [0, 0.05) is 26.2 Å². The quantitative estimate of drug-likeness (QED) is 0.324. The number of halogens is 1. The third-order valence-electron chi connectivity index (χ3n) is 6.77. The number of likely N-dealkylation sites (tertiary alicyclic amines) is 2. The molecule has 2 heterocycles. The van der Waals surface area contributed by atoms with E-state index in [1.54, 1.807) is 9.80 Å². The highest BCUT2D eigenvalue weighted by molar-refractivity contribution is 7.88. The molecule has 0 spiro atoms. The van der Waals surface area contributed by atoms with Crippen LogP contribution in [0.25, 0.3) is 0 Å². The minimum absolute atomic E-state index is 0. The smallest absolute Gasteiger partial charge is 0.245 e. The van der Waals surface area contributed by atoms with Crippen LogP contribution in [0.4, 0.5) is 0 Å². The van der Waals surface area contributed by atoms with Crippen molar-refractivity contribution in [3.8, 4) is 0 Å². The number of unbranched alkanes of at least 4 members (excludes halogenated alkanes) is 1. The second kappa shape index (κ2) is 14.7. The summed E-state index contributed by atoms with van der Waals surface area (Å²) in [6, 6.07) is 7.43. The van der Waals surface area contributed by atoms with E-state index in [-0.39, 0.29) is 36.7 Å². The molecule has 3 atom stereocenters. The van der Waals surface area contributed by atoms with Crippen LogP contribution in [0.3, 0.4) is 0 Å². The molecule has 3 rings (SSSR count). The van der Waals surface area contributed by atoms with Gasteiger partial charge in [-0.2, -0.15) is 0 Å². The highest BCUT2D eigenvalue weighted by Crippen LogP contribution is 2.20. The molecule has 37 heavy (non-hydrogen) atoms. The lowest BCUT2D eigenvalue weighted by Gasteiger charge is -2.29. The fraction of sp³-hybridized carbons (Fsp3) is 0.640. The maximum atomic E-state index is 13.3. The number of amides is 3. The van der Waals surface area contributed by atoms with Crippen molar-refractivity contribution in [2.75, 3.05) is 32.4 Å². The van der Waals surface area contributed by atoms with Crippen molar-refractivity contribution in [3.63, 3.8) is 0 Å². The molecule has 2 aliphatic heterocycles. The first-order valence-electron chi connectivity index (χ1n) is 12.8. The van der Waals surface area contributed by atoms with Crippen LogP contribution in [0, 0.1) is 0 Å². The predicted octanol–water partition coefficient (Wildman–Crippen LogP) is 0.796. The summed E-state index contributed by atoms with van der Waals surface area (Å²) in [7, 11) is -3.27. The summed E-state index contributed by atoms with van der Waals surface area (Å²) in [5, 5.41) is 2.91. The van der Waals surface area contributed by atoms with Crippen molar-refractivity contribution in [1.82, 2.24) is 19.8 Å². The number of carbonyl (C=O) groups excluding carboxylic acids is 3. The minimum Gasteiger partial charge on any atom is -0.343 e. The molecule has 1 aromatic rings. The first kappa shape index (κ1) is 31.0. The Morgan fingerprint density at radius 3 is 2.35 bits per heavy atom. The molecule has 2 aliphatic rings. The van der Waals surface area contributed by atoms with Gasteiger partial charge in [0.2, 0.25) is 27.7 Å². The molecule has 0 unspecified atom stereocenters. The number of hydrogen-bond acceptors (Lipinski definition) is 6. The van der Waals surface area contributed by atoms with Crippen LogP contribution in [0.5, 0.6) is 0 Å². The first-order valence-corrected chi connectivity index (χ1v) is 14.7. The molecule has 10 nitrogen and oxygen atoms in total. The third kappa shape index (κ3) is 9.55. The number of nitrogens with one attached hydrogen (secondary N) is 2. The van der Waals surface area contributed by atoms with Crippen LogP contribution in [0.1, 0.15) is 50.5 Å². The van der Waals surface area contributed by atoms with E-state index >= 15 is 0 Å². The lowest BCUT2D eigenvalue weighted by Crippen LogP contribution is -2.55. The standard InChI is InChI=1S/C25H39N5O5S.ClH/c1-36(34,35)27-14-6-5-12-21(25(33)29-15-7-8-16-29)28-23(31)22-13-9-17-30(22)24(32)20(26)18-19-10-3-2-4-11-19;/h2-4,10-11,20-22,27H,5-9,12-18,26H2,1H3,(H,28,31);1H/t20-,21-,22-;/m0./s1. The maximum Gasteiger partial charge on any atom is 0.245 e. The largest absolute Gasteiger partial charge is 0.343 e. The van der Waals surface area contributed by atoms with Gasteiger partial charge in [0.1, 0.15) is 12.1 Å². The van der Waals surface area contributed by atoms with Gasteiger partial charge in [-0.05, 0) is 56.9 Å². The third-order valence-corrected chi connectivity index (χ3v) is 7.50. The average molecular weight is 558 g/mol. The van der Waals surface area contributed by atoms with Crippen LogP contribution in [-0.2, 0) is 30.8 Å². The normalized spacial score (nSPS) is 19.2. The molecule has 0 aliphatic carbocycles. The Bertz CT molecular complexity index is 1000. The van der Waals surface area contributed by atoms with Gasteiger partial charge in [0.25, 0.3) is 0 Å². The highest BCUT2D eigenvalue weighted by atomic mass is 35.5. The lowest BCUT2D eigenvalue weighted by molar-refractivity contribution is -0.141. The molecule has 0 radical (unpaired) electrons. The monoisotopic (exact) mass is 557 g/mol. The molecule has 4 N–H and O–H groups in total. The zero-order chi connectivity index (χ0) is 26.1. The van der Waals surface area contributed by atoms with Crippen molar-refractivity contribution in [2.45, 2.75) is 69.5 Å². The molecule has 12 heteroatoms. The predicted molar refractivity (Wildman–Crippen MR) is 145 cm³/mol. The van der Waals surface area contributed by atoms with Gasteiger partial charge in [0.05, 0.1) is 12.3 Å². The number of carbonyl (C=O) groups is 3. The molecule has 0 bridgehead atoms. The zero-order valence-corrected chi connectivity index (χ0v) is 23.1. The molecule has 2 fully saturated rings. The number of sulfonamides is 1. The van der Waals surface area contributed by atoms with Crippen LogP contribution < -0.4 is 15.8 Å². The van der Waals surface area contributed by atoms with E-state index in [1.165, 1.54) is 0 Å². The SMILES string of the molecule is CS(=O)(=O)NCCCC[C@H](NC(=O)[C@@H]1CCCN1C(=O)[C@@H](N)Cc1ccccc1)C(=O)N1CCCC1.Cl. The fourth-order valence-electron chi connectivity index (χ4n) is 4.89. The summed E-state index contributed by atoms with van der Waals surface area (Å²) < 4.78 is 25.0. The number of nitrogens with two attached hydrogens (primary N) is 1. The summed E-state index contributed by atoms with van der Waals surface area (Å²) >= 11 is 0. The van der Waals surface area contributed by atoms with E-state index in [4.69, 9.17) is 5.73 Å². The molecule has 208 valence electrons. The van der Waals surface area contributed by atoms with Crippen LogP contribution in [0.15, 0.2) is 30.3 Å². The van der Waals surface area contributed by atoms with Crippen molar-refractivity contribution < 1.29 is 22.8 Å². The Labute approximate surface area is 226 Å². The topological polar surface area (TPSA) is 142 Å². The van der Waals surface area contributed by atoms with Gasteiger partial charge in [-0.15, -0.1) is 12.4 Å². The molecule has 0 aromatic heterocycles. The van der Waals surface area contributed by atoms with Gasteiger partial charge in [0.15, 0.2) is 0 Å². The van der Waals surface area contributed by atoms with Crippen molar-refractivity contribution in [1.29, 1.82) is 0 Å². The highest BCUT2D eigenvalue weighted by Gasteiger charge is 2.38. The summed E-state index contributed by atoms with van der Waals surface area (Å²) in [5.74, 6) is -0.709. The van der Waals surface area contributed by atoms with E-state index in [1.807, 2.05) is 30.3 Å². The Morgan fingerprint density at radius 2 is 1.70 bits per heavy atom. The second-order valence-corrected chi connectivity index (χ2v) is 11.6. The summed E-state index contributed by atoms with van der Waals surface area (Å²) in [6.07, 6.45) is 6.12. The van der Waals surface area contributed by atoms with E-state index in [9.17, 15) is 22.8 Å². The van der Waals surface area contributed by atoms with Gasteiger partial charge in [-0.1, -0.05) is 30.3 Å². The van der Waals surface area contributed by atoms with Gasteiger partial charge in [-0.3, -0.25) is 14.4 Å². The van der Waals surface area contributed by atoms with Crippen molar-refractivity contribution >= 4 is 40.2 Å². The average Bonchev–Trinajstić information content (AvgIpc) is 3.54. The summed E-state index contributed by atoms with van der Waals surface area (Å²) in [5.41, 5.74) is 7.17. The first-order chi connectivity index (χ1) is 17.2. The molecule has 3 amide bonds. The second-order valence-electron chi connectivity index (χ2n) is 9.74. The number of nitrogens with zero attached hydrogens (tertiary/aromatic N) is 2. The molecule has 2 saturated heterocycles. The molecular weight excluding hydrogens is 518 g/mol. The molecule has 0 saturated carbocycles. The van der Waals surface area contributed by atoms with Crippen molar-refractivity contribution in [3.05, 3.63) is 35.9 Å². The lowest BCUT2D eigenvalue weighted by atomic mass is 10.0. The van der Waals surface area contributed by atoms with Gasteiger partial charge < -0.3 is 20.9 Å².